The van der Waals surface area contributed by atoms with Gasteiger partial charge >= 0.3 is 0 Å². The molecule has 0 radical (unpaired) electrons. The highest BCUT2D eigenvalue weighted by Crippen LogP contribution is 2.26. The maximum atomic E-state index is 11.6. The van der Waals surface area contributed by atoms with Gasteiger partial charge in [0.05, 0.1) is 4.91 Å². The molecule has 1 amide bonds. The summed E-state index contributed by atoms with van der Waals surface area (Å²) in [5.74, 6) is 0.775. The minimum absolute atomic E-state index is 0.163. The Labute approximate surface area is 143 Å². The Balaban J connectivity index is 1.64. The SMILES string of the molecule is O=C1NC(=S)S/C1=C/c1ccc(OCc2cccc(O)c2)cc1. The first-order valence-corrected chi connectivity index (χ1v) is 8.08. The third-order valence-corrected chi connectivity index (χ3v) is 4.30. The van der Waals surface area contributed by atoms with Crippen LogP contribution in [0, 0.1) is 0 Å². The van der Waals surface area contributed by atoms with E-state index in [0.717, 1.165) is 16.9 Å². The van der Waals surface area contributed by atoms with Gasteiger partial charge < -0.3 is 15.2 Å². The van der Waals surface area contributed by atoms with Crippen molar-refractivity contribution in [2.75, 3.05) is 0 Å². The zero-order chi connectivity index (χ0) is 16.2. The van der Waals surface area contributed by atoms with Gasteiger partial charge in [0.15, 0.2) is 0 Å². The van der Waals surface area contributed by atoms with Crippen LogP contribution in [0.15, 0.2) is 53.4 Å². The Morgan fingerprint density at radius 1 is 1.22 bits per heavy atom. The lowest BCUT2D eigenvalue weighted by molar-refractivity contribution is -0.115. The summed E-state index contributed by atoms with van der Waals surface area (Å²) >= 11 is 6.21. The third-order valence-electron chi connectivity index (χ3n) is 3.14. The summed E-state index contributed by atoms with van der Waals surface area (Å²) in [6.07, 6.45) is 1.79. The lowest BCUT2D eigenvalue weighted by Crippen LogP contribution is -2.17. The fraction of sp³-hybridized carbons (Fsp3) is 0.0588. The normalized spacial score (nSPS) is 15.7. The van der Waals surface area contributed by atoms with Crippen molar-refractivity contribution in [1.82, 2.24) is 5.32 Å². The molecule has 4 nitrogen and oxygen atoms in total. The summed E-state index contributed by atoms with van der Waals surface area (Å²) in [6.45, 7) is 0.376. The molecule has 0 spiro atoms. The van der Waals surface area contributed by atoms with Gasteiger partial charge in [-0.15, -0.1) is 0 Å². The minimum atomic E-state index is -0.163. The van der Waals surface area contributed by atoms with Crippen molar-refractivity contribution in [3.05, 3.63) is 64.6 Å². The molecule has 0 atom stereocenters. The van der Waals surface area contributed by atoms with Crippen molar-refractivity contribution in [2.24, 2.45) is 0 Å². The first kappa shape index (κ1) is 15.6. The molecule has 2 aromatic rings. The maximum absolute atomic E-state index is 11.6. The molecule has 0 aliphatic carbocycles. The number of phenolic OH excluding ortho intramolecular Hbond substituents is 1. The number of phenols is 1. The van der Waals surface area contributed by atoms with Crippen molar-refractivity contribution in [2.45, 2.75) is 6.61 Å². The van der Waals surface area contributed by atoms with Gasteiger partial charge in [-0.2, -0.15) is 0 Å². The largest absolute Gasteiger partial charge is 0.508 e. The van der Waals surface area contributed by atoms with E-state index >= 15 is 0 Å². The molecule has 0 saturated carbocycles. The molecule has 0 aromatic heterocycles. The molecule has 2 aromatic carbocycles. The topological polar surface area (TPSA) is 58.6 Å². The fourth-order valence-electron chi connectivity index (χ4n) is 2.05. The van der Waals surface area contributed by atoms with E-state index < -0.39 is 0 Å². The molecular weight excluding hydrogens is 330 g/mol. The van der Waals surface area contributed by atoms with Crippen LogP contribution in [0.5, 0.6) is 11.5 Å². The van der Waals surface area contributed by atoms with E-state index in [1.807, 2.05) is 30.3 Å². The van der Waals surface area contributed by atoms with Gasteiger partial charge in [-0.05, 0) is 41.5 Å². The number of thiocarbonyl (C=S) groups is 1. The predicted molar refractivity (Wildman–Crippen MR) is 95.2 cm³/mol. The zero-order valence-corrected chi connectivity index (χ0v) is 13.6. The summed E-state index contributed by atoms with van der Waals surface area (Å²) in [5, 5.41) is 12.0. The summed E-state index contributed by atoms with van der Waals surface area (Å²) in [4.78, 5) is 12.2. The number of carbonyl (C=O) groups excluding carboxylic acids is 1. The average molecular weight is 343 g/mol. The monoisotopic (exact) mass is 343 g/mol. The molecule has 116 valence electrons. The first-order valence-electron chi connectivity index (χ1n) is 6.86. The molecule has 1 aliphatic heterocycles. The zero-order valence-electron chi connectivity index (χ0n) is 12.0. The molecule has 1 heterocycles. The van der Waals surface area contributed by atoms with Crippen molar-refractivity contribution in [3.63, 3.8) is 0 Å². The van der Waals surface area contributed by atoms with Crippen LogP contribution >= 0.6 is 24.0 Å². The van der Waals surface area contributed by atoms with Crippen molar-refractivity contribution >= 4 is 40.3 Å². The summed E-state index contributed by atoms with van der Waals surface area (Å²) in [5.41, 5.74) is 1.79. The summed E-state index contributed by atoms with van der Waals surface area (Å²) in [6, 6.07) is 14.4. The fourth-order valence-corrected chi connectivity index (χ4v) is 3.09. The number of aromatic hydroxyl groups is 1. The van der Waals surface area contributed by atoms with Gasteiger partial charge in [0.2, 0.25) is 0 Å². The number of benzene rings is 2. The highest BCUT2D eigenvalue weighted by molar-refractivity contribution is 8.26. The Hall–Kier alpha value is -2.31. The predicted octanol–water partition coefficient (Wildman–Crippen LogP) is 3.46. The molecule has 2 N–H and O–H groups in total. The number of thioether (sulfide) groups is 1. The lowest BCUT2D eigenvalue weighted by Gasteiger charge is -2.07. The second kappa shape index (κ2) is 6.85. The number of hydrogen-bond acceptors (Lipinski definition) is 5. The number of rotatable bonds is 4. The van der Waals surface area contributed by atoms with E-state index in [-0.39, 0.29) is 11.7 Å². The van der Waals surface area contributed by atoms with Crippen molar-refractivity contribution in [1.29, 1.82) is 0 Å². The Morgan fingerprint density at radius 3 is 2.65 bits per heavy atom. The average Bonchev–Trinajstić information content (AvgIpc) is 2.84. The van der Waals surface area contributed by atoms with Crippen LogP contribution in [0.25, 0.3) is 6.08 Å². The van der Waals surface area contributed by atoms with Crippen LogP contribution in [0.3, 0.4) is 0 Å². The van der Waals surface area contributed by atoms with E-state index in [1.54, 1.807) is 24.3 Å². The Bertz CT molecular complexity index is 785. The second-order valence-electron chi connectivity index (χ2n) is 4.88. The quantitative estimate of drug-likeness (QED) is 0.658. The van der Waals surface area contributed by atoms with Crippen LogP contribution in [-0.4, -0.2) is 15.3 Å². The third kappa shape index (κ3) is 4.12. The molecule has 3 rings (SSSR count). The standard InChI is InChI=1S/C17H13NO3S2/c19-13-3-1-2-12(8-13)10-21-14-6-4-11(5-7-14)9-15-16(20)18-17(22)23-15/h1-9,19H,10H2,(H,18,20,22)/b15-9+. The first-order chi connectivity index (χ1) is 11.1. The van der Waals surface area contributed by atoms with E-state index in [2.05, 4.69) is 5.32 Å². The molecule has 23 heavy (non-hydrogen) atoms. The van der Waals surface area contributed by atoms with Crippen LogP contribution in [0.2, 0.25) is 0 Å². The highest BCUT2D eigenvalue weighted by Gasteiger charge is 2.21. The summed E-state index contributed by atoms with van der Waals surface area (Å²) < 4.78 is 6.15. The van der Waals surface area contributed by atoms with E-state index in [9.17, 15) is 9.90 Å². The molecule has 1 fully saturated rings. The Kier molecular flexibility index (Phi) is 4.64. The van der Waals surface area contributed by atoms with Gasteiger partial charge in [-0.3, -0.25) is 4.79 Å². The van der Waals surface area contributed by atoms with Crippen LogP contribution in [-0.2, 0) is 11.4 Å². The number of nitrogens with one attached hydrogen (secondary N) is 1. The lowest BCUT2D eigenvalue weighted by atomic mass is 10.2. The number of carbonyl (C=O) groups is 1. The van der Waals surface area contributed by atoms with E-state index in [0.29, 0.717) is 15.8 Å². The second-order valence-corrected chi connectivity index (χ2v) is 6.60. The van der Waals surface area contributed by atoms with Gasteiger partial charge in [0, 0.05) is 0 Å². The minimum Gasteiger partial charge on any atom is -0.508 e. The van der Waals surface area contributed by atoms with Crippen LogP contribution in [0.1, 0.15) is 11.1 Å². The van der Waals surface area contributed by atoms with Crippen molar-refractivity contribution < 1.29 is 14.6 Å². The smallest absolute Gasteiger partial charge is 0.263 e. The van der Waals surface area contributed by atoms with Gasteiger partial charge in [-0.25, -0.2) is 0 Å². The molecule has 0 unspecified atom stereocenters. The van der Waals surface area contributed by atoms with Gasteiger partial charge in [0.25, 0.3) is 5.91 Å². The van der Waals surface area contributed by atoms with Gasteiger partial charge in [0.1, 0.15) is 22.4 Å². The number of hydrogen-bond donors (Lipinski definition) is 2. The van der Waals surface area contributed by atoms with Crippen LogP contribution < -0.4 is 10.1 Å². The number of ether oxygens (including phenoxy) is 1. The highest BCUT2D eigenvalue weighted by atomic mass is 32.2. The number of amides is 1. The molecule has 1 aliphatic rings. The van der Waals surface area contributed by atoms with Gasteiger partial charge in [-0.1, -0.05) is 48.2 Å². The van der Waals surface area contributed by atoms with Crippen LogP contribution in [0.4, 0.5) is 0 Å². The molecule has 1 saturated heterocycles. The molecule has 0 bridgehead atoms. The van der Waals surface area contributed by atoms with E-state index in [4.69, 9.17) is 17.0 Å². The summed E-state index contributed by atoms with van der Waals surface area (Å²) in [7, 11) is 0. The maximum Gasteiger partial charge on any atom is 0.263 e. The van der Waals surface area contributed by atoms with E-state index in [1.165, 1.54) is 11.8 Å². The Morgan fingerprint density at radius 2 is 2.00 bits per heavy atom. The molecular formula is C17H13NO3S2. The van der Waals surface area contributed by atoms with Crippen molar-refractivity contribution in [3.8, 4) is 11.5 Å². The molecule has 6 heteroatoms.